The molecule has 1 atom stereocenters. The van der Waals surface area contributed by atoms with Gasteiger partial charge in [0, 0.05) is 37.1 Å². The van der Waals surface area contributed by atoms with Gasteiger partial charge in [0.25, 0.3) is 0 Å². The lowest BCUT2D eigenvalue weighted by Crippen LogP contribution is -2.42. The fourth-order valence-corrected chi connectivity index (χ4v) is 6.74. The van der Waals surface area contributed by atoms with Crippen molar-refractivity contribution < 1.29 is 4.52 Å². The molecule has 1 saturated carbocycles. The van der Waals surface area contributed by atoms with Gasteiger partial charge in [-0.25, -0.2) is 14.8 Å². The van der Waals surface area contributed by atoms with Gasteiger partial charge in [0.1, 0.15) is 5.69 Å². The number of H-pyrrole nitrogens is 1. The van der Waals surface area contributed by atoms with Crippen LogP contribution in [0, 0.1) is 17.3 Å². The Labute approximate surface area is 239 Å². The smallest absolute Gasteiger partial charge is 0.339 e. The average Bonchev–Trinajstić information content (AvgIpc) is 3.68. The van der Waals surface area contributed by atoms with Crippen LogP contribution in [0.3, 0.4) is 0 Å². The van der Waals surface area contributed by atoms with Gasteiger partial charge in [-0.05, 0) is 61.5 Å². The zero-order chi connectivity index (χ0) is 28.0. The highest BCUT2D eigenvalue weighted by atomic mass is 35.5. The van der Waals surface area contributed by atoms with E-state index in [-0.39, 0.29) is 11.2 Å². The summed E-state index contributed by atoms with van der Waals surface area (Å²) in [6, 6.07) is 4.18. The van der Waals surface area contributed by atoms with Gasteiger partial charge >= 0.3 is 5.76 Å². The molecule has 2 fully saturated rings. The summed E-state index contributed by atoms with van der Waals surface area (Å²) in [6.45, 7) is 11.2. The number of aromatic nitrogens is 6. The summed E-state index contributed by atoms with van der Waals surface area (Å²) in [5, 5.41) is 4.45. The number of aromatic amines is 1. The molecule has 9 nitrogen and oxygen atoms in total. The molecule has 4 aromatic heterocycles. The van der Waals surface area contributed by atoms with Crippen molar-refractivity contribution in [1.82, 2.24) is 29.7 Å². The molecule has 212 valence electrons. The summed E-state index contributed by atoms with van der Waals surface area (Å²) in [4.78, 5) is 31.7. The molecule has 0 spiro atoms. The molecule has 6 rings (SSSR count). The van der Waals surface area contributed by atoms with Crippen LogP contribution in [0.5, 0.6) is 0 Å². The summed E-state index contributed by atoms with van der Waals surface area (Å²) < 4.78 is 7.23. The number of hydrogen-bond donors (Lipinski definition) is 1. The summed E-state index contributed by atoms with van der Waals surface area (Å²) in [6.07, 6.45) is 11.7. The number of anilines is 1. The Hall–Kier alpha value is -3.20. The maximum absolute atomic E-state index is 11.8. The molecule has 5 heterocycles. The Morgan fingerprint density at radius 3 is 2.62 bits per heavy atom. The lowest BCUT2D eigenvalue weighted by Gasteiger charge is -2.38. The number of imidazole rings is 1. The maximum Gasteiger partial charge on any atom is 0.439 e. The van der Waals surface area contributed by atoms with E-state index in [0.29, 0.717) is 22.7 Å². The van der Waals surface area contributed by atoms with Crippen molar-refractivity contribution in [2.75, 3.05) is 11.4 Å². The lowest BCUT2D eigenvalue weighted by molar-refractivity contribution is 0.260. The Bertz CT molecular complexity index is 1560. The Kier molecular flexibility index (Phi) is 7.19. The first-order valence-corrected chi connectivity index (χ1v) is 15.0. The van der Waals surface area contributed by atoms with Crippen LogP contribution in [0.1, 0.15) is 72.6 Å². The number of rotatable bonds is 7. The SMILES string of the molecule is CCC(C)(C)C1CCCN1c1nc2cc(-c3noc(=O)[nH]3)nc(-c3cncc(Cl)c3)c2n1CC1CCC(C)CC1. The largest absolute Gasteiger partial charge is 0.439 e. The normalized spacial score (nSPS) is 21.9. The number of fused-ring (bicyclic) bond motifs is 1. The van der Waals surface area contributed by atoms with E-state index < -0.39 is 5.76 Å². The summed E-state index contributed by atoms with van der Waals surface area (Å²) in [5.74, 6) is 2.01. The van der Waals surface area contributed by atoms with Gasteiger partial charge in [-0.1, -0.05) is 57.3 Å². The van der Waals surface area contributed by atoms with Gasteiger partial charge in [0.2, 0.25) is 11.8 Å². The second-order valence-electron chi connectivity index (χ2n) is 12.4. The molecule has 0 radical (unpaired) electrons. The molecule has 40 heavy (non-hydrogen) atoms. The second kappa shape index (κ2) is 10.7. The highest BCUT2D eigenvalue weighted by Crippen LogP contribution is 2.42. The Balaban J connectivity index is 1.58. The molecule has 0 bridgehead atoms. The van der Waals surface area contributed by atoms with Crippen molar-refractivity contribution in [2.24, 2.45) is 17.3 Å². The molecular weight excluding hydrogens is 526 g/mol. The number of nitrogens with one attached hydrogen (secondary N) is 1. The van der Waals surface area contributed by atoms with Crippen molar-refractivity contribution in [1.29, 1.82) is 0 Å². The number of halogens is 1. The molecule has 1 N–H and O–H groups in total. The van der Waals surface area contributed by atoms with Gasteiger partial charge < -0.3 is 9.47 Å². The summed E-state index contributed by atoms with van der Waals surface area (Å²) >= 11 is 6.41. The quantitative estimate of drug-likeness (QED) is 0.266. The van der Waals surface area contributed by atoms with Crippen molar-refractivity contribution in [3.63, 3.8) is 0 Å². The maximum atomic E-state index is 11.8. The van der Waals surface area contributed by atoms with Crippen molar-refractivity contribution >= 4 is 28.6 Å². The molecule has 2 aliphatic rings. The van der Waals surface area contributed by atoms with Gasteiger partial charge in [0.05, 0.1) is 21.7 Å². The van der Waals surface area contributed by atoms with Gasteiger partial charge in [-0.2, -0.15) is 0 Å². The first kappa shape index (κ1) is 27.0. The predicted molar refractivity (Wildman–Crippen MR) is 157 cm³/mol. The monoisotopic (exact) mass is 563 g/mol. The van der Waals surface area contributed by atoms with Crippen molar-refractivity contribution in [3.05, 3.63) is 40.1 Å². The molecule has 0 amide bonds. The Morgan fingerprint density at radius 2 is 1.93 bits per heavy atom. The zero-order valence-electron chi connectivity index (χ0n) is 23.8. The minimum Gasteiger partial charge on any atom is -0.339 e. The summed E-state index contributed by atoms with van der Waals surface area (Å²) in [7, 11) is 0. The highest BCUT2D eigenvalue weighted by molar-refractivity contribution is 6.30. The fourth-order valence-electron chi connectivity index (χ4n) is 6.56. The average molecular weight is 564 g/mol. The van der Waals surface area contributed by atoms with Crippen LogP contribution < -0.4 is 10.7 Å². The minimum atomic E-state index is -0.623. The van der Waals surface area contributed by atoms with Crippen LogP contribution >= 0.6 is 11.6 Å². The zero-order valence-corrected chi connectivity index (χ0v) is 24.5. The first-order valence-electron chi connectivity index (χ1n) is 14.6. The number of hydrogen-bond acceptors (Lipinski definition) is 7. The highest BCUT2D eigenvalue weighted by Gasteiger charge is 2.39. The molecule has 4 aromatic rings. The fraction of sp³-hybridized carbons (Fsp3) is 0.567. The van der Waals surface area contributed by atoms with E-state index in [9.17, 15) is 4.79 Å². The van der Waals surface area contributed by atoms with Gasteiger partial charge in [-0.15, -0.1) is 0 Å². The minimum absolute atomic E-state index is 0.156. The van der Waals surface area contributed by atoms with Gasteiger partial charge in [-0.3, -0.25) is 14.5 Å². The predicted octanol–water partition coefficient (Wildman–Crippen LogP) is 6.72. The van der Waals surface area contributed by atoms with E-state index in [2.05, 4.69) is 52.3 Å². The van der Waals surface area contributed by atoms with Gasteiger partial charge in [0.15, 0.2) is 0 Å². The van der Waals surface area contributed by atoms with Crippen LogP contribution in [0.2, 0.25) is 5.02 Å². The van der Waals surface area contributed by atoms with Crippen molar-refractivity contribution in [2.45, 2.75) is 85.2 Å². The van der Waals surface area contributed by atoms with Crippen LogP contribution in [0.4, 0.5) is 5.95 Å². The molecular formula is C30H38ClN7O2. The Morgan fingerprint density at radius 1 is 1.12 bits per heavy atom. The number of nitrogens with zero attached hydrogens (tertiary/aromatic N) is 6. The van der Waals surface area contributed by atoms with Crippen LogP contribution in [0.25, 0.3) is 33.8 Å². The molecule has 0 aromatic carbocycles. The van der Waals surface area contributed by atoms with Crippen LogP contribution in [-0.4, -0.2) is 42.2 Å². The standard InChI is InChI=1S/C30H38ClN7O2/c1-5-30(3,4)24-7-6-12-37(24)28-34-22-14-23(27-35-29(39)40-36-27)33-25(20-13-21(31)16-32-15-20)26(22)38(28)17-19-10-8-18(2)9-11-19/h13-16,18-19,24H,5-12,17H2,1-4H3,(H,35,36,39). The lowest BCUT2D eigenvalue weighted by atomic mass is 9.80. The summed E-state index contributed by atoms with van der Waals surface area (Å²) in [5.41, 5.74) is 3.93. The molecule has 1 saturated heterocycles. The molecule has 10 heteroatoms. The third kappa shape index (κ3) is 5.04. The number of pyridine rings is 2. The van der Waals surface area contributed by atoms with E-state index >= 15 is 0 Å². The van der Waals surface area contributed by atoms with E-state index in [1.807, 2.05) is 12.1 Å². The van der Waals surface area contributed by atoms with Crippen LogP contribution in [0.15, 0.2) is 33.8 Å². The topological polar surface area (TPSA) is 106 Å². The van der Waals surface area contributed by atoms with E-state index in [1.165, 1.54) is 25.7 Å². The van der Waals surface area contributed by atoms with E-state index in [4.69, 9.17) is 26.1 Å². The van der Waals surface area contributed by atoms with E-state index in [1.54, 1.807) is 12.4 Å². The third-order valence-electron chi connectivity index (χ3n) is 9.26. The van der Waals surface area contributed by atoms with E-state index in [0.717, 1.165) is 66.5 Å². The van der Waals surface area contributed by atoms with Crippen molar-refractivity contribution in [3.8, 4) is 22.8 Å². The first-order chi connectivity index (χ1) is 19.2. The molecule has 1 unspecified atom stereocenters. The molecule has 1 aliphatic heterocycles. The van der Waals surface area contributed by atoms with Crippen LogP contribution in [-0.2, 0) is 6.54 Å². The second-order valence-corrected chi connectivity index (χ2v) is 12.8. The molecule has 1 aliphatic carbocycles. The third-order valence-corrected chi connectivity index (χ3v) is 9.47.